The Morgan fingerprint density at radius 2 is 2.33 bits per heavy atom. The van der Waals surface area contributed by atoms with Crippen LogP contribution in [0.1, 0.15) is 19.8 Å². The van der Waals surface area contributed by atoms with E-state index in [9.17, 15) is 9.59 Å². The summed E-state index contributed by atoms with van der Waals surface area (Å²) in [6, 6.07) is -0.136. The summed E-state index contributed by atoms with van der Waals surface area (Å²) in [5.41, 5.74) is 0. The van der Waals surface area contributed by atoms with Crippen LogP contribution in [0.25, 0.3) is 0 Å². The Labute approximate surface area is 89.8 Å². The second kappa shape index (κ2) is 5.11. The number of hydrogen-bond acceptors (Lipinski definition) is 4. The number of methoxy groups -OCH3 is 1. The van der Waals surface area contributed by atoms with Gasteiger partial charge in [0.05, 0.1) is 7.11 Å². The fourth-order valence-electron chi connectivity index (χ4n) is 1.75. The summed E-state index contributed by atoms with van der Waals surface area (Å²) in [4.78, 5) is 24.1. The number of piperidine rings is 1. The lowest BCUT2D eigenvalue weighted by molar-refractivity contribution is -0.143. The molecule has 0 aromatic rings. The van der Waals surface area contributed by atoms with Crippen molar-refractivity contribution < 1.29 is 14.3 Å². The first kappa shape index (κ1) is 12.0. The number of likely N-dealkylation sites (tertiary alicyclic amines) is 1. The van der Waals surface area contributed by atoms with E-state index in [2.05, 4.69) is 10.1 Å². The SMILES string of the molecule is COC(=O)C(C)NC1CCC(=O)N(C)C1. The van der Waals surface area contributed by atoms with E-state index in [1.807, 2.05) is 0 Å². The third-order valence-corrected chi connectivity index (χ3v) is 2.67. The maximum absolute atomic E-state index is 11.2. The van der Waals surface area contributed by atoms with Crippen molar-refractivity contribution in [3.05, 3.63) is 0 Å². The van der Waals surface area contributed by atoms with Gasteiger partial charge >= 0.3 is 5.97 Å². The third kappa shape index (κ3) is 3.20. The van der Waals surface area contributed by atoms with Gasteiger partial charge in [0.2, 0.25) is 5.91 Å². The molecule has 2 atom stereocenters. The molecule has 0 aliphatic carbocycles. The van der Waals surface area contributed by atoms with Gasteiger partial charge in [0, 0.05) is 26.1 Å². The molecule has 1 heterocycles. The van der Waals surface area contributed by atoms with Crippen LogP contribution in [-0.2, 0) is 14.3 Å². The molecule has 2 unspecified atom stereocenters. The van der Waals surface area contributed by atoms with Crippen LogP contribution in [0, 0.1) is 0 Å². The Kier molecular flexibility index (Phi) is 4.08. The normalized spacial score (nSPS) is 23.8. The Morgan fingerprint density at radius 3 is 2.87 bits per heavy atom. The van der Waals surface area contributed by atoms with Gasteiger partial charge < -0.3 is 15.0 Å². The molecular formula is C10H18N2O3. The van der Waals surface area contributed by atoms with E-state index in [1.54, 1.807) is 18.9 Å². The van der Waals surface area contributed by atoms with E-state index < -0.39 is 0 Å². The number of likely N-dealkylation sites (N-methyl/N-ethyl adjacent to an activating group) is 1. The quantitative estimate of drug-likeness (QED) is 0.659. The first-order chi connectivity index (χ1) is 7.04. The van der Waals surface area contributed by atoms with Crippen LogP contribution in [0.3, 0.4) is 0 Å². The molecule has 0 aromatic carbocycles. The van der Waals surface area contributed by atoms with Crippen LogP contribution in [0.4, 0.5) is 0 Å². The van der Waals surface area contributed by atoms with Gasteiger partial charge in [-0.2, -0.15) is 0 Å². The minimum Gasteiger partial charge on any atom is -0.468 e. The average Bonchev–Trinajstić information content (AvgIpc) is 2.22. The Bertz CT molecular complexity index is 255. The van der Waals surface area contributed by atoms with Crippen molar-refractivity contribution in [1.29, 1.82) is 0 Å². The molecule has 5 nitrogen and oxygen atoms in total. The molecular weight excluding hydrogens is 196 g/mol. The summed E-state index contributed by atoms with van der Waals surface area (Å²) in [7, 11) is 3.15. The highest BCUT2D eigenvalue weighted by Gasteiger charge is 2.25. The lowest BCUT2D eigenvalue weighted by atomic mass is 10.0. The summed E-state index contributed by atoms with van der Waals surface area (Å²) in [5.74, 6) is -0.103. The highest BCUT2D eigenvalue weighted by molar-refractivity contribution is 5.77. The van der Waals surface area contributed by atoms with Crippen molar-refractivity contribution in [2.24, 2.45) is 0 Å². The van der Waals surface area contributed by atoms with Gasteiger partial charge in [-0.3, -0.25) is 9.59 Å². The van der Waals surface area contributed by atoms with E-state index in [-0.39, 0.29) is 24.0 Å². The molecule has 1 aliphatic rings. The standard InChI is InChI=1S/C10H18N2O3/c1-7(10(14)15-3)11-8-4-5-9(13)12(2)6-8/h7-8,11H,4-6H2,1-3H3. The van der Waals surface area contributed by atoms with Gasteiger partial charge in [0.15, 0.2) is 0 Å². The third-order valence-electron chi connectivity index (χ3n) is 2.67. The highest BCUT2D eigenvalue weighted by atomic mass is 16.5. The highest BCUT2D eigenvalue weighted by Crippen LogP contribution is 2.10. The summed E-state index contributed by atoms with van der Waals surface area (Å²) in [5, 5.41) is 3.15. The molecule has 1 rings (SSSR count). The number of hydrogen-bond donors (Lipinski definition) is 1. The molecule has 1 aliphatic heterocycles. The van der Waals surface area contributed by atoms with E-state index in [0.29, 0.717) is 13.0 Å². The second-order valence-electron chi connectivity index (χ2n) is 3.92. The van der Waals surface area contributed by atoms with Gasteiger partial charge in [-0.15, -0.1) is 0 Å². The van der Waals surface area contributed by atoms with Crippen LogP contribution in [0.5, 0.6) is 0 Å². The first-order valence-corrected chi connectivity index (χ1v) is 5.12. The predicted molar refractivity (Wildman–Crippen MR) is 55.3 cm³/mol. The number of esters is 1. The van der Waals surface area contributed by atoms with Crippen LogP contribution in [0.2, 0.25) is 0 Å². The monoisotopic (exact) mass is 214 g/mol. The molecule has 15 heavy (non-hydrogen) atoms. The number of carbonyl (C=O) groups is 2. The molecule has 1 amide bonds. The molecule has 1 N–H and O–H groups in total. The molecule has 1 fully saturated rings. The van der Waals surface area contributed by atoms with E-state index in [1.165, 1.54) is 7.11 Å². The molecule has 0 bridgehead atoms. The average molecular weight is 214 g/mol. The van der Waals surface area contributed by atoms with Crippen molar-refractivity contribution in [3.8, 4) is 0 Å². The molecule has 0 saturated carbocycles. The van der Waals surface area contributed by atoms with Gasteiger partial charge in [-0.05, 0) is 13.3 Å². The summed E-state index contributed by atoms with van der Waals surface area (Å²) >= 11 is 0. The summed E-state index contributed by atoms with van der Waals surface area (Å²) in [6.07, 6.45) is 1.33. The van der Waals surface area contributed by atoms with Crippen molar-refractivity contribution in [2.45, 2.75) is 31.8 Å². The second-order valence-corrected chi connectivity index (χ2v) is 3.92. The maximum atomic E-state index is 11.2. The predicted octanol–water partition coefficient (Wildman–Crippen LogP) is -0.242. The fourth-order valence-corrected chi connectivity index (χ4v) is 1.75. The Morgan fingerprint density at radius 1 is 1.67 bits per heavy atom. The van der Waals surface area contributed by atoms with Crippen molar-refractivity contribution in [1.82, 2.24) is 10.2 Å². The van der Waals surface area contributed by atoms with Gasteiger partial charge in [0.25, 0.3) is 0 Å². The topological polar surface area (TPSA) is 58.6 Å². The lowest BCUT2D eigenvalue weighted by Crippen LogP contribution is -2.51. The van der Waals surface area contributed by atoms with Gasteiger partial charge in [-0.25, -0.2) is 0 Å². The van der Waals surface area contributed by atoms with E-state index >= 15 is 0 Å². The van der Waals surface area contributed by atoms with Crippen LogP contribution in [0.15, 0.2) is 0 Å². The van der Waals surface area contributed by atoms with Gasteiger partial charge in [0.1, 0.15) is 6.04 Å². The molecule has 86 valence electrons. The molecule has 0 spiro atoms. The summed E-state index contributed by atoms with van der Waals surface area (Å²) < 4.78 is 4.62. The molecule has 1 saturated heterocycles. The van der Waals surface area contributed by atoms with E-state index in [4.69, 9.17) is 0 Å². The summed E-state index contributed by atoms with van der Waals surface area (Å²) in [6.45, 7) is 2.42. The number of nitrogens with zero attached hydrogens (tertiary/aromatic N) is 1. The molecule has 0 aromatic heterocycles. The van der Waals surface area contributed by atoms with Crippen molar-refractivity contribution >= 4 is 11.9 Å². The van der Waals surface area contributed by atoms with Gasteiger partial charge in [-0.1, -0.05) is 0 Å². The van der Waals surface area contributed by atoms with Crippen LogP contribution in [-0.4, -0.2) is 49.6 Å². The maximum Gasteiger partial charge on any atom is 0.322 e. The van der Waals surface area contributed by atoms with Crippen LogP contribution < -0.4 is 5.32 Å². The van der Waals surface area contributed by atoms with Crippen LogP contribution >= 0.6 is 0 Å². The number of amides is 1. The number of ether oxygens (including phenoxy) is 1. The number of rotatable bonds is 3. The van der Waals surface area contributed by atoms with Crippen molar-refractivity contribution in [3.63, 3.8) is 0 Å². The first-order valence-electron chi connectivity index (χ1n) is 5.12. The number of nitrogens with one attached hydrogen (secondary N) is 1. The smallest absolute Gasteiger partial charge is 0.322 e. The number of carbonyl (C=O) groups excluding carboxylic acids is 2. The molecule has 0 radical (unpaired) electrons. The van der Waals surface area contributed by atoms with Crippen molar-refractivity contribution in [2.75, 3.05) is 20.7 Å². The Hall–Kier alpha value is -1.10. The minimum atomic E-state index is -0.318. The fraction of sp³-hybridized carbons (Fsp3) is 0.800. The Balaban J connectivity index is 2.39. The zero-order valence-corrected chi connectivity index (χ0v) is 9.45. The minimum absolute atomic E-state index is 0.166. The zero-order valence-electron chi connectivity index (χ0n) is 9.45. The van der Waals surface area contributed by atoms with E-state index in [0.717, 1.165) is 6.42 Å². The lowest BCUT2D eigenvalue weighted by Gasteiger charge is -2.31. The molecule has 5 heteroatoms. The largest absolute Gasteiger partial charge is 0.468 e. The zero-order chi connectivity index (χ0) is 11.4.